The predicted octanol–water partition coefficient (Wildman–Crippen LogP) is 5.76. The van der Waals surface area contributed by atoms with Gasteiger partial charge in [0.05, 0.1) is 12.1 Å². The van der Waals surface area contributed by atoms with Crippen molar-refractivity contribution in [3.05, 3.63) is 88.4 Å². The zero-order valence-corrected chi connectivity index (χ0v) is 16.9. The van der Waals surface area contributed by atoms with Crippen LogP contribution in [-0.2, 0) is 4.79 Å². The number of carbonyl (C=O) groups is 1. The van der Waals surface area contributed by atoms with Gasteiger partial charge in [-0.3, -0.25) is 4.79 Å². The van der Waals surface area contributed by atoms with E-state index >= 15 is 0 Å². The monoisotopic (exact) mass is 394 g/mol. The number of hydrogen-bond donors (Lipinski definition) is 2. The Labute approximate surface area is 170 Å². The van der Waals surface area contributed by atoms with Crippen LogP contribution < -0.4 is 15.4 Å². The van der Waals surface area contributed by atoms with Crippen LogP contribution in [0.25, 0.3) is 0 Å². The molecule has 0 radical (unpaired) electrons. The molecular weight excluding hydrogens is 372 g/mol. The summed E-state index contributed by atoms with van der Waals surface area (Å²) < 4.78 is 5.20. The molecule has 0 aliphatic heterocycles. The first-order valence-corrected chi connectivity index (χ1v) is 9.39. The molecule has 5 heteroatoms. The van der Waals surface area contributed by atoms with E-state index in [1.807, 2.05) is 68.4 Å². The molecule has 1 amide bonds. The van der Waals surface area contributed by atoms with Gasteiger partial charge in [0.1, 0.15) is 11.8 Å². The van der Waals surface area contributed by atoms with E-state index < -0.39 is 6.04 Å². The number of halogens is 1. The lowest BCUT2D eigenvalue weighted by atomic mass is 10.0. The van der Waals surface area contributed by atoms with Crippen molar-refractivity contribution in [2.24, 2.45) is 0 Å². The van der Waals surface area contributed by atoms with Gasteiger partial charge in [-0.15, -0.1) is 0 Å². The Morgan fingerprint density at radius 2 is 1.75 bits per heavy atom. The van der Waals surface area contributed by atoms with Crippen LogP contribution in [0.5, 0.6) is 5.75 Å². The van der Waals surface area contributed by atoms with Crippen molar-refractivity contribution in [2.45, 2.75) is 19.9 Å². The summed E-state index contributed by atoms with van der Waals surface area (Å²) in [7, 11) is 1.57. The molecule has 0 aliphatic carbocycles. The van der Waals surface area contributed by atoms with Crippen molar-refractivity contribution in [3.63, 3.8) is 0 Å². The lowest BCUT2D eigenvalue weighted by molar-refractivity contribution is -0.117. The third-order valence-corrected chi connectivity index (χ3v) is 4.80. The molecule has 0 bridgehead atoms. The van der Waals surface area contributed by atoms with E-state index in [0.29, 0.717) is 10.8 Å². The van der Waals surface area contributed by atoms with Gasteiger partial charge in [-0.2, -0.15) is 0 Å². The van der Waals surface area contributed by atoms with Gasteiger partial charge in [0.2, 0.25) is 0 Å². The van der Waals surface area contributed by atoms with Crippen LogP contribution in [0.15, 0.2) is 66.7 Å². The molecule has 144 valence electrons. The molecule has 0 aliphatic rings. The van der Waals surface area contributed by atoms with Gasteiger partial charge in [-0.25, -0.2) is 0 Å². The Bertz CT molecular complexity index is 974. The molecule has 0 fully saturated rings. The highest BCUT2D eigenvalue weighted by Gasteiger charge is 2.21. The number of hydrogen-bond acceptors (Lipinski definition) is 3. The molecule has 28 heavy (non-hydrogen) atoms. The zero-order valence-electron chi connectivity index (χ0n) is 16.1. The number of carbonyl (C=O) groups excluding carboxylic acids is 1. The minimum absolute atomic E-state index is 0.146. The quantitative estimate of drug-likeness (QED) is 0.559. The number of rotatable bonds is 6. The first kappa shape index (κ1) is 19.8. The van der Waals surface area contributed by atoms with Crippen molar-refractivity contribution in [3.8, 4) is 5.75 Å². The normalized spacial score (nSPS) is 11.6. The fourth-order valence-electron chi connectivity index (χ4n) is 2.94. The maximum atomic E-state index is 13.2. The maximum Gasteiger partial charge on any atom is 0.251 e. The molecule has 0 aromatic heterocycles. The SMILES string of the molecule is COc1ccc(N[C@@H](C(=O)Nc2cc(C)ccc2C)c2ccccc2)cc1Cl. The van der Waals surface area contributed by atoms with Crippen LogP contribution in [0.3, 0.4) is 0 Å². The number of aryl methyl sites for hydroxylation is 2. The average Bonchev–Trinajstić information content (AvgIpc) is 2.69. The number of benzene rings is 3. The van der Waals surface area contributed by atoms with Gasteiger partial charge in [0.25, 0.3) is 5.91 Å². The number of anilines is 2. The van der Waals surface area contributed by atoms with Crippen LogP contribution in [-0.4, -0.2) is 13.0 Å². The Morgan fingerprint density at radius 1 is 1.00 bits per heavy atom. The summed E-state index contributed by atoms with van der Waals surface area (Å²) in [6.07, 6.45) is 0. The van der Waals surface area contributed by atoms with Gasteiger partial charge in [-0.05, 0) is 54.8 Å². The Kier molecular flexibility index (Phi) is 6.22. The van der Waals surface area contributed by atoms with E-state index in [0.717, 1.165) is 28.1 Å². The third-order valence-electron chi connectivity index (χ3n) is 4.51. The second kappa shape index (κ2) is 8.81. The molecule has 4 nitrogen and oxygen atoms in total. The summed E-state index contributed by atoms with van der Waals surface area (Å²) >= 11 is 6.24. The number of nitrogens with one attached hydrogen (secondary N) is 2. The average molecular weight is 395 g/mol. The predicted molar refractivity (Wildman–Crippen MR) is 115 cm³/mol. The Balaban J connectivity index is 1.90. The maximum absolute atomic E-state index is 13.2. The van der Waals surface area contributed by atoms with Gasteiger partial charge in [-0.1, -0.05) is 54.1 Å². The number of methoxy groups -OCH3 is 1. The van der Waals surface area contributed by atoms with Crippen LogP contribution in [0.1, 0.15) is 22.7 Å². The highest BCUT2D eigenvalue weighted by atomic mass is 35.5. The van der Waals surface area contributed by atoms with E-state index in [2.05, 4.69) is 10.6 Å². The molecule has 3 rings (SSSR count). The summed E-state index contributed by atoms with van der Waals surface area (Å²) in [5.41, 5.74) is 4.50. The second-order valence-electron chi connectivity index (χ2n) is 6.64. The lowest BCUT2D eigenvalue weighted by Gasteiger charge is -2.21. The van der Waals surface area contributed by atoms with Crippen LogP contribution in [0.4, 0.5) is 11.4 Å². The molecule has 3 aromatic carbocycles. The first-order valence-electron chi connectivity index (χ1n) is 9.01. The van der Waals surface area contributed by atoms with E-state index in [1.54, 1.807) is 19.2 Å². The molecule has 0 spiro atoms. The standard InChI is InChI=1S/C23H23ClN2O2/c1-15-9-10-16(2)20(13-15)26-23(27)22(17-7-5-4-6-8-17)25-18-11-12-21(28-3)19(24)14-18/h4-14,22,25H,1-3H3,(H,26,27)/t22-/m1/s1. The van der Waals surface area contributed by atoms with E-state index in [-0.39, 0.29) is 5.91 Å². The van der Waals surface area contributed by atoms with Gasteiger partial charge in [0, 0.05) is 11.4 Å². The van der Waals surface area contributed by atoms with Crippen molar-refractivity contribution in [1.29, 1.82) is 0 Å². The highest BCUT2D eigenvalue weighted by molar-refractivity contribution is 6.32. The van der Waals surface area contributed by atoms with Crippen LogP contribution in [0, 0.1) is 13.8 Å². The van der Waals surface area contributed by atoms with Crippen molar-refractivity contribution >= 4 is 28.9 Å². The van der Waals surface area contributed by atoms with Crippen LogP contribution >= 0.6 is 11.6 Å². The van der Waals surface area contributed by atoms with E-state index in [9.17, 15) is 4.79 Å². The van der Waals surface area contributed by atoms with Crippen molar-refractivity contribution in [2.75, 3.05) is 17.7 Å². The second-order valence-corrected chi connectivity index (χ2v) is 7.05. The van der Waals surface area contributed by atoms with Gasteiger partial charge < -0.3 is 15.4 Å². The Morgan fingerprint density at radius 3 is 2.43 bits per heavy atom. The Hall–Kier alpha value is -2.98. The summed E-state index contributed by atoms with van der Waals surface area (Å²) in [4.78, 5) is 13.2. The summed E-state index contributed by atoms with van der Waals surface area (Å²) in [6, 6.07) is 20.4. The molecule has 3 aromatic rings. The molecular formula is C23H23ClN2O2. The minimum atomic E-state index is -0.578. The molecule has 0 heterocycles. The minimum Gasteiger partial charge on any atom is -0.495 e. The molecule has 0 unspecified atom stereocenters. The van der Waals surface area contributed by atoms with Crippen molar-refractivity contribution in [1.82, 2.24) is 0 Å². The van der Waals surface area contributed by atoms with Gasteiger partial charge >= 0.3 is 0 Å². The smallest absolute Gasteiger partial charge is 0.251 e. The molecule has 0 saturated heterocycles. The van der Waals surface area contributed by atoms with Crippen molar-refractivity contribution < 1.29 is 9.53 Å². The number of amides is 1. The highest BCUT2D eigenvalue weighted by Crippen LogP contribution is 2.30. The molecule has 0 saturated carbocycles. The third kappa shape index (κ3) is 4.65. The van der Waals surface area contributed by atoms with E-state index in [1.165, 1.54) is 0 Å². The largest absolute Gasteiger partial charge is 0.495 e. The number of ether oxygens (including phenoxy) is 1. The fourth-order valence-corrected chi connectivity index (χ4v) is 3.20. The zero-order chi connectivity index (χ0) is 20.1. The molecule has 1 atom stereocenters. The summed E-state index contributed by atoms with van der Waals surface area (Å²) in [5, 5.41) is 6.82. The molecule has 2 N–H and O–H groups in total. The lowest BCUT2D eigenvalue weighted by Crippen LogP contribution is -2.27. The summed E-state index contributed by atoms with van der Waals surface area (Å²) in [5.74, 6) is 0.440. The summed E-state index contributed by atoms with van der Waals surface area (Å²) in [6.45, 7) is 3.98. The van der Waals surface area contributed by atoms with Crippen LogP contribution in [0.2, 0.25) is 5.02 Å². The first-order chi connectivity index (χ1) is 13.5. The fraction of sp³-hybridized carbons (Fsp3) is 0.174. The van der Waals surface area contributed by atoms with Gasteiger partial charge in [0.15, 0.2) is 0 Å². The topological polar surface area (TPSA) is 50.4 Å². The van der Waals surface area contributed by atoms with E-state index in [4.69, 9.17) is 16.3 Å².